The van der Waals surface area contributed by atoms with Crippen molar-refractivity contribution in [3.8, 4) is 0 Å². The normalized spacial score (nSPS) is 18.9. The molecule has 0 radical (unpaired) electrons. The van der Waals surface area contributed by atoms with E-state index in [9.17, 15) is 0 Å². The molecule has 10 heteroatoms. The number of nitrogens with zero attached hydrogens (tertiary/aromatic N) is 5. The maximum absolute atomic E-state index is 5.51. The van der Waals surface area contributed by atoms with E-state index in [1.54, 1.807) is 0 Å². The molecule has 1 fully saturated rings. The lowest BCUT2D eigenvalue weighted by Gasteiger charge is -2.37. The van der Waals surface area contributed by atoms with Crippen LogP contribution in [0.15, 0.2) is 176 Å². The Morgan fingerprint density at radius 3 is 2.33 bits per heavy atom. The quantitative estimate of drug-likeness (QED) is 0.0335. The molecule has 2 aliphatic carbocycles. The molecule has 8 rings (SSSR count). The number of hydrogen-bond acceptors (Lipinski definition) is 8. The molecule has 1 aromatic heterocycles. The van der Waals surface area contributed by atoms with Crippen LogP contribution in [0.5, 0.6) is 0 Å². The minimum absolute atomic E-state index is 0.0144. The summed E-state index contributed by atoms with van der Waals surface area (Å²) in [6.07, 6.45) is 19.3. The third-order valence-electron chi connectivity index (χ3n) is 19.2. The van der Waals surface area contributed by atoms with Crippen molar-refractivity contribution < 1.29 is 0 Å². The number of allylic oxidation sites excluding steroid dienone is 8. The fraction of sp³-hybridized carbons (Fsp3) is 0.458. The highest BCUT2D eigenvalue weighted by Gasteiger charge is 2.40. The molecule has 8 nitrogen and oxygen atoms in total. The summed E-state index contributed by atoms with van der Waals surface area (Å²) in [6.45, 7) is 60.8. The summed E-state index contributed by atoms with van der Waals surface area (Å²) < 4.78 is 0. The molecule has 0 saturated carbocycles. The highest BCUT2D eigenvalue weighted by molar-refractivity contribution is 7.61. The monoisotopic (exact) mass is 1140 g/mol. The van der Waals surface area contributed by atoms with Gasteiger partial charge in [0.2, 0.25) is 0 Å². The first kappa shape index (κ1) is 62.2. The summed E-state index contributed by atoms with van der Waals surface area (Å²) in [7, 11) is 6.80. The average Bonchev–Trinajstić information content (AvgIpc) is 4.17. The number of pyridine rings is 1. The van der Waals surface area contributed by atoms with E-state index >= 15 is 0 Å². The molecule has 3 aliphatic heterocycles. The van der Waals surface area contributed by atoms with Gasteiger partial charge in [-0.2, -0.15) is 0 Å². The Balaban J connectivity index is 0.803. The summed E-state index contributed by atoms with van der Waals surface area (Å²) in [5, 5.41) is 15.1. The van der Waals surface area contributed by atoms with Crippen LogP contribution < -0.4 is 21.3 Å². The van der Waals surface area contributed by atoms with Crippen molar-refractivity contribution in [2.24, 2.45) is 17.8 Å². The molecule has 438 valence electrons. The number of rotatable bonds is 31. The van der Waals surface area contributed by atoms with Crippen LogP contribution in [0.1, 0.15) is 144 Å². The van der Waals surface area contributed by atoms with Crippen molar-refractivity contribution in [3.05, 3.63) is 209 Å². The van der Waals surface area contributed by atoms with E-state index in [1.165, 1.54) is 90.5 Å². The lowest BCUT2D eigenvalue weighted by molar-refractivity contribution is 0.319. The second-order valence-electron chi connectivity index (χ2n) is 24.4. The van der Waals surface area contributed by atoms with E-state index in [-0.39, 0.29) is 12.1 Å². The predicted octanol–water partition coefficient (Wildman–Crippen LogP) is 16.0. The van der Waals surface area contributed by atoms with Crippen LogP contribution in [-0.4, -0.2) is 83.7 Å². The van der Waals surface area contributed by atoms with Gasteiger partial charge in [-0.3, -0.25) is 0 Å². The van der Waals surface area contributed by atoms with E-state index < -0.39 is 7.92 Å². The molecule has 5 aliphatic rings. The molecule has 6 unspecified atom stereocenters. The fourth-order valence-electron chi connectivity index (χ4n) is 13.7. The van der Waals surface area contributed by atoms with E-state index in [1.807, 2.05) is 0 Å². The Morgan fingerprint density at radius 2 is 1.61 bits per heavy atom. The van der Waals surface area contributed by atoms with E-state index in [0.717, 1.165) is 148 Å². The molecule has 3 aromatic rings. The summed E-state index contributed by atoms with van der Waals surface area (Å²) >= 11 is 0. The number of likely N-dealkylation sites (N-methyl/N-ethyl adjacent to an activating group) is 2. The van der Waals surface area contributed by atoms with Crippen LogP contribution >= 0.6 is 17.2 Å². The summed E-state index contributed by atoms with van der Waals surface area (Å²) in [4.78, 5) is 14.9. The second-order valence-corrected chi connectivity index (χ2v) is 27.5. The summed E-state index contributed by atoms with van der Waals surface area (Å²) in [6, 6.07) is 13.1. The highest BCUT2D eigenvalue weighted by Crippen LogP contribution is 2.52. The first-order valence-electron chi connectivity index (χ1n) is 30.7. The molecule has 1 saturated heterocycles. The van der Waals surface area contributed by atoms with Gasteiger partial charge in [0.1, 0.15) is 0 Å². The Bertz CT molecular complexity index is 3080. The van der Waals surface area contributed by atoms with Crippen molar-refractivity contribution >= 4 is 39.1 Å². The SMILES string of the molecule is C=C(CN(C)C(=C)CCCCCN1C(=C)CC(C(CC)CC)C1=C)NCC(=C)N(C)C(Cc1ccccc1)C(=C)NCC(=C)P(C)CCCC(=C)NC1CCc2c(C)c(P)cc3nc4c(c1c23)CN1C(=C)C2=C(C=C41)C(CC)C(=C)CC2. The number of benzene rings is 2. The van der Waals surface area contributed by atoms with E-state index in [2.05, 4.69) is 195 Å². The van der Waals surface area contributed by atoms with Crippen LogP contribution in [0.4, 0.5) is 0 Å². The zero-order valence-corrected chi connectivity index (χ0v) is 53.7. The molecule has 82 heavy (non-hydrogen) atoms. The van der Waals surface area contributed by atoms with Crippen molar-refractivity contribution in [2.75, 3.05) is 53.1 Å². The number of nitrogens with one attached hydrogen (secondary N) is 3. The molecule has 0 bridgehead atoms. The Kier molecular flexibility index (Phi) is 21.0. The summed E-state index contributed by atoms with van der Waals surface area (Å²) in [5.41, 5.74) is 23.2. The van der Waals surface area contributed by atoms with Crippen LogP contribution in [0.2, 0.25) is 0 Å². The number of aromatic nitrogens is 1. The van der Waals surface area contributed by atoms with Gasteiger partial charge in [0.15, 0.2) is 0 Å². The van der Waals surface area contributed by atoms with Gasteiger partial charge in [-0.05, 0) is 159 Å². The molecular formula is C72H100N8P2. The van der Waals surface area contributed by atoms with Gasteiger partial charge < -0.3 is 35.6 Å². The second kappa shape index (κ2) is 27.7. The minimum atomic E-state index is -0.433. The van der Waals surface area contributed by atoms with Crippen LogP contribution in [0, 0.1) is 24.7 Å². The zero-order valence-electron chi connectivity index (χ0n) is 51.6. The van der Waals surface area contributed by atoms with Gasteiger partial charge >= 0.3 is 0 Å². The Hall–Kier alpha value is -5.81. The number of aryl methyl sites for hydroxylation is 1. The number of unbranched alkanes of at least 4 members (excludes halogenated alkanes) is 2. The fourth-order valence-corrected chi connectivity index (χ4v) is 15.4. The maximum Gasteiger partial charge on any atom is 0.0928 e. The molecular weight excluding hydrogens is 1040 g/mol. The first-order valence-corrected chi connectivity index (χ1v) is 33.3. The minimum Gasteiger partial charge on any atom is -0.383 e. The molecule has 6 atom stereocenters. The van der Waals surface area contributed by atoms with Crippen molar-refractivity contribution in [2.45, 2.75) is 143 Å². The lowest BCUT2D eigenvalue weighted by atomic mass is 9.75. The van der Waals surface area contributed by atoms with Gasteiger partial charge in [0.05, 0.1) is 48.6 Å². The molecule has 3 N–H and O–H groups in total. The van der Waals surface area contributed by atoms with E-state index in [0.29, 0.717) is 37.4 Å². The molecule has 0 amide bonds. The third kappa shape index (κ3) is 13.7. The van der Waals surface area contributed by atoms with Crippen molar-refractivity contribution in [1.29, 1.82) is 0 Å². The largest absolute Gasteiger partial charge is 0.383 e. The topological polar surface area (TPSA) is 61.9 Å². The van der Waals surface area contributed by atoms with Gasteiger partial charge in [0, 0.05) is 95.5 Å². The molecule has 0 spiro atoms. The third-order valence-corrected chi connectivity index (χ3v) is 22.0. The van der Waals surface area contributed by atoms with E-state index in [4.69, 9.17) is 11.6 Å². The first-order chi connectivity index (χ1) is 39.3. The average molecular weight is 1140 g/mol. The Morgan fingerprint density at radius 1 is 0.866 bits per heavy atom. The smallest absolute Gasteiger partial charge is 0.0928 e. The lowest BCUT2D eigenvalue weighted by Crippen LogP contribution is -2.41. The number of likely N-dealkylation sites (tertiary alicyclic amines) is 1. The van der Waals surface area contributed by atoms with Crippen LogP contribution in [0.3, 0.4) is 0 Å². The number of fused-ring (bicyclic) bond motifs is 4. The highest BCUT2D eigenvalue weighted by atomic mass is 31.1. The maximum atomic E-state index is 5.51. The zero-order chi connectivity index (χ0) is 59.1. The van der Waals surface area contributed by atoms with Crippen LogP contribution in [-0.2, 0) is 19.4 Å². The summed E-state index contributed by atoms with van der Waals surface area (Å²) in [5.74, 6) is 1.62. The van der Waals surface area contributed by atoms with Crippen molar-refractivity contribution in [1.82, 2.24) is 40.5 Å². The van der Waals surface area contributed by atoms with Gasteiger partial charge in [-0.15, -0.1) is 9.24 Å². The predicted molar refractivity (Wildman–Crippen MR) is 360 cm³/mol. The van der Waals surface area contributed by atoms with Crippen LogP contribution in [0.25, 0.3) is 16.6 Å². The number of hydrogen-bond donors (Lipinski definition) is 3. The van der Waals surface area contributed by atoms with Crippen molar-refractivity contribution in [3.63, 3.8) is 0 Å². The Labute approximate surface area is 499 Å². The standard InChI is InChI=1S/C72H100N8P2/c1-18-58(19-2)62-38-50(8)79(56(62)14)36-26-22-23-29-49(7)77(15)44-48(6)73-42-51(9)78(16)67(39-57-30-24-21-25-31-57)54(12)74-43-52(10)82(17)37-27-28-47(5)75-65-35-34-60-53(11)69(81)41-66-70(60)71(65)64-45-80-55(13)61-33-32-46(4)59(20-3)63(61)40-68(80)72(64)76-66/h21,24-25,30-31,40-41,58-59,62,65,67,73-75H,4-10,12-14,18-20,22-23,26-29,32-39,42-45,81H2,1-3,11,15-17H3. The molecule has 2 aromatic carbocycles. The van der Waals surface area contributed by atoms with Gasteiger partial charge in [-0.25, -0.2) is 4.98 Å². The van der Waals surface area contributed by atoms with Gasteiger partial charge in [-0.1, -0.05) is 150 Å². The molecule has 4 heterocycles. The van der Waals surface area contributed by atoms with Gasteiger partial charge in [0.25, 0.3) is 0 Å².